The largest absolute Gasteiger partial charge is 0.497 e. The average Bonchev–Trinajstić information content (AvgIpc) is 2.90. The summed E-state index contributed by atoms with van der Waals surface area (Å²) in [6.07, 6.45) is 0.240. The van der Waals surface area contributed by atoms with Gasteiger partial charge in [-0.25, -0.2) is 4.90 Å². The first kappa shape index (κ1) is 16.2. The van der Waals surface area contributed by atoms with Gasteiger partial charge >= 0.3 is 0 Å². The minimum absolute atomic E-state index is 0.140. The predicted molar refractivity (Wildman–Crippen MR) is 90.9 cm³/mol. The van der Waals surface area contributed by atoms with Crippen molar-refractivity contribution in [3.63, 3.8) is 0 Å². The Bertz CT molecular complexity index is 728. The highest BCUT2D eigenvalue weighted by molar-refractivity contribution is 6.21. The van der Waals surface area contributed by atoms with Gasteiger partial charge in [-0.1, -0.05) is 30.3 Å². The zero-order chi connectivity index (χ0) is 17.1. The normalized spacial score (nSPS) is 18.8. The van der Waals surface area contributed by atoms with Crippen LogP contribution in [0.2, 0.25) is 0 Å². The van der Waals surface area contributed by atoms with Crippen molar-refractivity contribution in [2.75, 3.05) is 19.1 Å². The third-order valence-corrected chi connectivity index (χ3v) is 4.40. The summed E-state index contributed by atoms with van der Waals surface area (Å²) in [5.74, 6) is 0.405. The number of benzene rings is 2. The van der Waals surface area contributed by atoms with E-state index in [1.54, 1.807) is 31.4 Å². The quantitative estimate of drug-likeness (QED) is 0.836. The van der Waals surface area contributed by atoms with Crippen LogP contribution in [-0.4, -0.2) is 32.0 Å². The topological polar surface area (TPSA) is 51.0 Å². The molecule has 3 rings (SSSR count). The molecule has 5 heteroatoms. The van der Waals surface area contributed by atoms with Gasteiger partial charge < -0.3 is 9.64 Å². The van der Waals surface area contributed by atoms with Gasteiger partial charge in [-0.15, -0.1) is 0 Å². The molecule has 0 spiro atoms. The molecule has 1 N–H and O–H groups in total. The number of quaternary nitrogens is 1. The van der Waals surface area contributed by atoms with Gasteiger partial charge in [0.2, 0.25) is 5.91 Å². The van der Waals surface area contributed by atoms with Crippen LogP contribution in [0.15, 0.2) is 54.6 Å². The number of nitrogens with zero attached hydrogens (tertiary/aromatic N) is 1. The number of imide groups is 1. The van der Waals surface area contributed by atoms with Crippen molar-refractivity contribution in [3.8, 4) is 5.75 Å². The second-order valence-electron chi connectivity index (χ2n) is 6.03. The summed E-state index contributed by atoms with van der Waals surface area (Å²) in [6.45, 7) is 0.709. The average molecular weight is 325 g/mol. The van der Waals surface area contributed by atoms with E-state index in [2.05, 4.69) is 0 Å². The van der Waals surface area contributed by atoms with Crippen molar-refractivity contribution in [2.24, 2.45) is 0 Å². The second-order valence-corrected chi connectivity index (χ2v) is 6.03. The molecule has 1 fully saturated rings. The number of amides is 2. The molecule has 2 aromatic carbocycles. The Morgan fingerprint density at radius 2 is 1.75 bits per heavy atom. The van der Waals surface area contributed by atoms with Crippen LogP contribution >= 0.6 is 0 Å². The number of hydrogen-bond donors (Lipinski definition) is 1. The number of anilines is 1. The fourth-order valence-corrected chi connectivity index (χ4v) is 3.06. The van der Waals surface area contributed by atoms with Crippen LogP contribution in [0, 0.1) is 0 Å². The summed E-state index contributed by atoms with van der Waals surface area (Å²) in [6, 6.07) is 16.6. The lowest BCUT2D eigenvalue weighted by atomic mass is 10.1. The SMILES string of the molecule is COc1ccc(N2C(=O)C[C@@H]([NH+](C)Cc3ccccc3)C2=O)cc1. The molecule has 2 amide bonds. The van der Waals surface area contributed by atoms with E-state index in [0.717, 1.165) is 10.5 Å². The van der Waals surface area contributed by atoms with Gasteiger partial charge in [-0.05, 0) is 24.3 Å². The van der Waals surface area contributed by atoms with Gasteiger partial charge in [0.05, 0.1) is 26.3 Å². The van der Waals surface area contributed by atoms with E-state index >= 15 is 0 Å². The Morgan fingerprint density at radius 1 is 1.08 bits per heavy atom. The third-order valence-electron chi connectivity index (χ3n) is 4.40. The molecular weight excluding hydrogens is 304 g/mol. The van der Waals surface area contributed by atoms with E-state index in [1.165, 1.54) is 4.90 Å². The summed E-state index contributed by atoms with van der Waals surface area (Å²) in [5.41, 5.74) is 1.75. The summed E-state index contributed by atoms with van der Waals surface area (Å²) >= 11 is 0. The standard InChI is InChI=1S/C19H20N2O3/c1-20(13-14-6-4-3-5-7-14)17-12-18(22)21(19(17)23)15-8-10-16(24-2)11-9-15/h3-11,17H,12-13H2,1-2H3/p+1/t17-/m1/s1. The number of methoxy groups -OCH3 is 1. The zero-order valence-electron chi connectivity index (χ0n) is 13.9. The molecule has 0 aromatic heterocycles. The highest BCUT2D eigenvalue weighted by Gasteiger charge is 2.44. The van der Waals surface area contributed by atoms with Gasteiger partial charge in [0.1, 0.15) is 12.3 Å². The van der Waals surface area contributed by atoms with Crippen LogP contribution in [0.1, 0.15) is 12.0 Å². The van der Waals surface area contributed by atoms with Gasteiger partial charge in [0.15, 0.2) is 6.04 Å². The first-order valence-corrected chi connectivity index (χ1v) is 7.97. The summed E-state index contributed by atoms with van der Waals surface area (Å²) < 4.78 is 5.12. The van der Waals surface area contributed by atoms with E-state index in [-0.39, 0.29) is 24.3 Å². The van der Waals surface area contributed by atoms with Crippen molar-refractivity contribution < 1.29 is 19.2 Å². The fourth-order valence-electron chi connectivity index (χ4n) is 3.06. The second kappa shape index (κ2) is 6.84. The summed E-state index contributed by atoms with van der Waals surface area (Å²) in [4.78, 5) is 27.4. The van der Waals surface area contributed by atoms with Crippen LogP contribution < -0.4 is 14.5 Å². The van der Waals surface area contributed by atoms with E-state index in [4.69, 9.17) is 4.74 Å². The van der Waals surface area contributed by atoms with Crippen LogP contribution in [-0.2, 0) is 16.1 Å². The van der Waals surface area contributed by atoms with Gasteiger partial charge in [-0.3, -0.25) is 9.59 Å². The highest BCUT2D eigenvalue weighted by atomic mass is 16.5. The number of nitrogens with one attached hydrogen (secondary N) is 1. The Hall–Kier alpha value is -2.66. The predicted octanol–water partition coefficient (Wildman–Crippen LogP) is 1.04. The minimum Gasteiger partial charge on any atom is -0.497 e. The Labute approximate surface area is 141 Å². The molecular formula is C19H21N2O3+. The van der Waals surface area contributed by atoms with Crippen molar-refractivity contribution in [3.05, 3.63) is 60.2 Å². The first-order chi connectivity index (χ1) is 11.6. The lowest BCUT2D eigenvalue weighted by Crippen LogP contribution is -3.12. The summed E-state index contributed by atoms with van der Waals surface area (Å²) in [5, 5.41) is 0. The monoisotopic (exact) mass is 325 g/mol. The van der Waals surface area contributed by atoms with Crippen molar-refractivity contribution >= 4 is 17.5 Å². The fraction of sp³-hybridized carbons (Fsp3) is 0.263. The first-order valence-electron chi connectivity index (χ1n) is 7.97. The molecule has 2 atom stereocenters. The number of carbonyl (C=O) groups is 2. The molecule has 0 aliphatic carbocycles. The van der Waals surface area contributed by atoms with E-state index in [0.29, 0.717) is 18.0 Å². The molecule has 24 heavy (non-hydrogen) atoms. The van der Waals surface area contributed by atoms with Crippen LogP contribution in [0.25, 0.3) is 0 Å². The van der Waals surface area contributed by atoms with E-state index in [9.17, 15) is 9.59 Å². The smallest absolute Gasteiger partial charge is 0.292 e. The maximum absolute atomic E-state index is 12.8. The Kier molecular flexibility index (Phi) is 4.62. The summed E-state index contributed by atoms with van der Waals surface area (Å²) in [7, 11) is 3.54. The molecule has 0 radical (unpaired) electrons. The highest BCUT2D eigenvalue weighted by Crippen LogP contribution is 2.24. The molecule has 1 aliphatic rings. The van der Waals surface area contributed by atoms with Crippen molar-refractivity contribution in [2.45, 2.75) is 19.0 Å². The molecule has 124 valence electrons. The van der Waals surface area contributed by atoms with Crippen molar-refractivity contribution in [1.82, 2.24) is 0 Å². The maximum atomic E-state index is 12.8. The molecule has 1 heterocycles. The van der Waals surface area contributed by atoms with Crippen LogP contribution in [0.5, 0.6) is 5.75 Å². The number of likely N-dealkylation sites (N-methyl/N-ethyl adjacent to an activating group) is 1. The molecule has 5 nitrogen and oxygen atoms in total. The van der Waals surface area contributed by atoms with Crippen LogP contribution in [0.4, 0.5) is 5.69 Å². The van der Waals surface area contributed by atoms with E-state index < -0.39 is 0 Å². The molecule has 1 unspecified atom stereocenters. The molecule has 1 aliphatic heterocycles. The third kappa shape index (κ3) is 3.16. The van der Waals surface area contributed by atoms with E-state index in [1.807, 2.05) is 37.4 Å². The number of rotatable bonds is 5. The minimum atomic E-state index is -0.347. The van der Waals surface area contributed by atoms with Crippen LogP contribution in [0.3, 0.4) is 0 Å². The number of hydrogen-bond acceptors (Lipinski definition) is 3. The Morgan fingerprint density at radius 3 is 2.38 bits per heavy atom. The Balaban J connectivity index is 1.75. The lowest BCUT2D eigenvalue weighted by Gasteiger charge is -2.20. The van der Waals surface area contributed by atoms with Gasteiger partial charge in [0, 0.05) is 5.56 Å². The molecule has 0 bridgehead atoms. The van der Waals surface area contributed by atoms with Crippen molar-refractivity contribution in [1.29, 1.82) is 0 Å². The number of carbonyl (C=O) groups excluding carboxylic acids is 2. The zero-order valence-corrected chi connectivity index (χ0v) is 13.9. The lowest BCUT2D eigenvalue weighted by molar-refractivity contribution is -0.908. The maximum Gasteiger partial charge on any atom is 0.292 e. The number of ether oxygens (including phenoxy) is 1. The molecule has 0 saturated carbocycles. The molecule has 2 aromatic rings. The van der Waals surface area contributed by atoms with Gasteiger partial charge in [0.25, 0.3) is 5.91 Å². The van der Waals surface area contributed by atoms with Gasteiger partial charge in [-0.2, -0.15) is 0 Å². The molecule has 1 saturated heterocycles.